The summed E-state index contributed by atoms with van der Waals surface area (Å²) in [6, 6.07) is 0.338. The Kier molecular flexibility index (Phi) is 5.05. The molecule has 0 aliphatic heterocycles. The maximum Gasteiger partial charge on any atom is 0.0847 e. The molecule has 2 rings (SSSR count). The molecular weight excluding hydrogens is 224 g/mol. The number of rotatable bonds is 4. The van der Waals surface area contributed by atoms with Crippen LogP contribution in [0.3, 0.4) is 0 Å². The van der Waals surface area contributed by atoms with Crippen molar-refractivity contribution in [1.29, 1.82) is 0 Å². The van der Waals surface area contributed by atoms with E-state index in [2.05, 4.69) is 12.3 Å². The zero-order valence-electron chi connectivity index (χ0n) is 12.1. The molecule has 0 amide bonds. The van der Waals surface area contributed by atoms with Crippen molar-refractivity contribution in [3.8, 4) is 0 Å². The molecule has 3 N–H and O–H groups in total. The molecule has 2 fully saturated rings. The van der Waals surface area contributed by atoms with Gasteiger partial charge in [-0.3, -0.25) is 11.3 Å². The summed E-state index contributed by atoms with van der Waals surface area (Å²) in [4.78, 5) is 0. The first-order valence-electron chi connectivity index (χ1n) is 7.73. The van der Waals surface area contributed by atoms with E-state index in [1.54, 1.807) is 0 Å². The summed E-state index contributed by atoms with van der Waals surface area (Å²) in [7, 11) is 1.88. The number of methoxy groups -OCH3 is 1. The highest BCUT2D eigenvalue weighted by molar-refractivity contribution is 4.98. The molecule has 3 heteroatoms. The Morgan fingerprint density at radius 3 is 2.44 bits per heavy atom. The van der Waals surface area contributed by atoms with E-state index in [0.29, 0.717) is 12.0 Å². The lowest BCUT2D eigenvalue weighted by molar-refractivity contribution is -0.0871. The zero-order valence-corrected chi connectivity index (χ0v) is 12.1. The van der Waals surface area contributed by atoms with E-state index in [1.165, 1.54) is 57.8 Å². The average molecular weight is 254 g/mol. The van der Waals surface area contributed by atoms with E-state index in [9.17, 15) is 0 Å². The van der Waals surface area contributed by atoms with Gasteiger partial charge in [0, 0.05) is 7.11 Å². The quantitative estimate of drug-likeness (QED) is 0.599. The summed E-state index contributed by atoms with van der Waals surface area (Å²) in [5, 5.41) is 0. The van der Waals surface area contributed by atoms with Crippen LogP contribution in [-0.4, -0.2) is 18.8 Å². The second-order valence-corrected chi connectivity index (χ2v) is 6.51. The monoisotopic (exact) mass is 254 g/mol. The second kappa shape index (κ2) is 6.36. The summed E-state index contributed by atoms with van der Waals surface area (Å²) in [6.07, 6.45) is 11.6. The van der Waals surface area contributed by atoms with Crippen molar-refractivity contribution < 1.29 is 4.74 Å². The lowest BCUT2D eigenvalue weighted by Crippen LogP contribution is -2.59. The molecule has 0 aromatic rings. The van der Waals surface area contributed by atoms with Crippen LogP contribution >= 0.6 is 0 Å². The fourth-order valence-corrected chi connectivity index (χ4v) is 4.29. The van der Waals surface area contributed by atoms with Gasteiger partial charge < -0.3 is 4.74 Å². The van der Waals surface area contributed by atoms with Crippen molar-refractivity contribution in [2.45, 2.75) is 76.4 Å². The van der Waals surface area contributed by atoms with Gasteiger partial charge in [0.15, 0.2) is 0 Å². The number of nitrogens with two attached hydrogens (primary N) is 1. The van der Waals surface area contributed by atoms with Crippen LogP contribution in [0.2, 0.25) is 0 Å². The topological polar surface area (TPSA) is 47.3 Å². The van der Waals surface area contributed by atoms with Crippen LogP contribution in [0.15, 0.2) is 0 Å². The summed E-state index contributed by atoms with van der Waals surface area (Å²) < 4.78 is 5.98. The molecule has 0 radical (unpaired) electrons. The Morgan fingerprint density at radius 1 is 1.17 bits per heavy atom. The van der Waals surface area contributed by atoms with Gasteiger partial charge in [0.05, 0.1) is 11.6 Å². The van der Waals surface area contributed by atoms with Gasteiger partial charge in [0.2, 0.25) is 0 Å². The molecule has 18 heavy (non-hydrogen) atoms. The normalized spacial score (nSPS) is 34.2. The molecule has 2 saturated carbocycles. The summed E-state index contributed by atoms with van der Waals surface area (Å²) in [5.74, 6) is 7.45. The highest BCUT2D eigenvalue weighted by Gasteiger charge is 2.44. The van der Waals surface area contributed by atoms with Gasteiger partial charge in [0.1, 0.15) is 0 Å². The Balaban J connectivity index is 2.09. The molecule has 0 spiro atoms. The molecule has 0 heterocycles. The summed E-state index contributed by atoms with van der Waals surface area (Å²) >= 11 is 0. The van der Waals surface area contributed by atoms with Crippen LogP contribution < -0.4 is 11.3 Å². The fraction of sp³-hybridized carbons (Fsp3) is 1.00. The largest absolute Gasteiger partial charge is 0.377 e. The van der Waals surface area contributed by atoms with Crippen LogP contribution in [-0.2, 0) is 4.74 Å². The molecule has 2 aliphatic rings. The van der Waals surface area contributed by atoms with Gasteiger partial charge >= 0.3 is 0 Å². The summed E-state index contributed by atoms with van der Waals surface area (Å²) in [6.45, 7) is 2.38. The van der Waals surface area contributed by atoms with Crippen molar-refractivity contribution in [3.05, 3.63) is 0 Å². The predicted octanol–water partition coefficient (Wildman–Crippen LogP) is 2.99. The first kappa shape index (κ1) is 14.3. The fourth-order valence-electron chi connectivity index (χ4n) is 4.29. The highest BCUT2D eigenvalue weighted by Crippen LogP contribution is 2.41. The number of ether oxygens (including phenoxy) is 1. The molecule has 0 aromatic heterocycles. The lowest BCUT2D eigenvalue weighted by Gasteiger charge is -2.47. The van der Waals surface area contributed by atoms with Crippen molar-refractivity contribution in [3.63, 3.8) is 0 Å². The zero-order chi connectivity index (χ0) is 13.0. The van der Waals surface area contributed by atoms with Crippen molar-refractivity contribution in [1.82, 2.24) is 5.43 Å². The van der Waals surface area contributed by atoms with Gasteiger partial charge in [-0.15, -0.1) is 0 Å². The molecule has 3 atom stereocenters. The Morgan fingerprint density at radius 2 is 1.89 bits per heavy atom. The van der Waals surface area contributed by atoms with Crippen LogP contribution in [0.25, 0.3) is 0 Å². The Hall–Kier alpha value is -0.120. The molecule has 0 bridgehead atoms. The standard InChI is InChI=1S/C15H30N2O/c1-12-7-6-8-13(11-12)14(17-16)15(18-2)9-4-3-5-10-15/h12-14,17H,3-11,16H2,1-2H3. The molecule has 3 nitrogen and oxygen atoms in total. The first-order chi connectivity index (χ1) is 8.72. The SMILES string of the molecule is COC1(C(NN)C2CCCC(C)C2)CCCCC1. The second-order valence-electron chi connectivity index (χ2n) is 6.51. The Bertz CT molecular complexity index is 251. The van der Waals surface area contributed by atoms with Crippen LogP contribution in [0.4, 0.5) is 0 Å². The number of hydrazine groups is 1. The third kappa shape index (κ3) is 2.89. The molecule has 106 valence electrons. The van der Waals surface area contributed by atoms with E-state index >= 15 is 0 Å². The summed E-state index contributed by atoms with van der Waals surface area (Å²) in [5.41, 5.74) is 3.12. The molecule has 3 unspecified atom stereocenters. The molecular formula is C15H30N2O. The van der Waals surface area contributed by atoms with E-state index in [4.69, 9.17) is 10.6 Å². The van der Waals surface area contributed by atoms with E-state index in [0.717, 1.165) is 5.92 Å². The van der Waals surface area contributed by atoms with E-state index in [1.807, 2.05) is 7.11 Å². The average Bonchev–Trinajstić information content (AvgIpc) is 2.41. The maximum absolute atomic E-state index is 5.98. The van der Waals surface area contributed by atoms with Crippen LogP contribution in [0.1, 0.15) is 64.7 Å². The van der Waals surface area contributed by atoms with E-state index < -0.39 is 0 Å². The van der Waals surface area contributed by atoms with Crippen molar-refractivity contribution in [2.75, 3.05) is 7.11 Å². The number of nitrogens with one attached hydrogen (secondary N) is 1. The smallest absolute Gasteiger partial charge is 0.0847 e. The third-order valence-electron chi connectivity index (χ3n) is 5.30. The number of hydrogen-bond donors (Lipinski definition) is 2. The molecule has 0 aromatic carbocycles. The van der Waals surface area contributed by atoms with Crippen LogP contribution in [0.5, 0.6) is 0 Å². The lowest BCUT2D eigenvalue weighted by atomic mass is 9.69. The number of hydrogen-bond acceptors (Lipinski definition) is 3. The first-order valence-corrected chi connectivity index (χ1v) is 7.73. The van der Waals surface area contributed by atoms with Gasteiger partial charge in [-0.05, 0) is 37.5 Å². The van der Waals surface area contributed by atoms with Gasteiger partial charge in [0.25, 0.3) is 0 Å². The maximum atomic E-state index is 5.98. The van der Waals surface area contributed by atoms with Gasteiger partial charge in [-0.2, -0.15) is 0 Å². The minimum atomic E-state index is -0.00523. The van der Waals surface area contributed by atoms with E-state index in [-0.39, 0.29) is 5.60 Å². The van der Waals surface area contributed by atoms with Crippen molar-refractivity contribution >= 4 is 0 Å². The van der Waals surface area contributed by atoms with Crippen molar-refractivity contribution in [2.24, 2.45) is 17.7 Å². The minimum Gasteiger partial charge on any atom is -0.377 e. The third-order valence-corrected chi connectivity index (χ3v) is 5.30. The molecule has 0 saturated heterocycles. The molecule has 2 aliphatic carbocycles. The predicted molar refractivity (Wildman–Crippen MR) is 75.1 cm³/mol. The Labute approximate surface area is 112 Å². The minimum absolute atomic E-state index is 0.00523. The van der Waals surface area contributed by atoms with Gasteiger partial charge in [-0.1, -0.05) is 39.0 Å². The van der Waals surface area contributed by atoms with Gasteiger partial charge in [-0.25, -0.2) is 0 Å². The highest BCUT2D eigenvalue weighted by atomic mass is 16.5. The van der Waals surface area contributed by atoms with Crippen LogP contribution in [0, 0.1) is 11.8 Å².